The second-order valence-electron chi connectivity index (χ2n) is 4.82. The van der Waals surface area contributed by atoms with Crippen molar-refractivity contribution in [1.82, 2.24) is 0 Å². The normalized spacial score (nSPS) is 11.8. The van der Waals surface area contributed by atoms with Crippen LogP contribution in [0.2, 0.25) is 0 Å². The van der Waals surface area contributed by atoms with Crippen molar-refractivity contribution < 1.29 is 21.9 Å². The molecule has 4 nitrogen and oxygen atoms in total. The average Bonchev–Trinajstić information content (AvgIpc) is 2.46. The number of anilines is 1. The van der Waals surface area contributed by atoms with Crippen LogP contribution in [0, 0.1) is 11.6 Å². The Labute approximate surface area is 133 Å². The van der Waals surface area contributed by atoms with E-state index in [4.69, 9.17) is 10.5 Å². The Morgan fingerprint density at radius 2 is 1.96 bits per heavy atom. The van der Waals surface area contributed by atoms with Crippen LogP contribution in [0.15, 0.2) is 41.8 Å². The largest absolute Gasteiger partial charge is 0.494 e. The number of para-hydroxylation sites is 1. The zero-order valence-corrected chi connectivity index (χ0v) is 13.1. The van der Waals surface area contributed by atoms with E-state index in [9.17, 15) is 17.2 Å². The monoisotopic (exact) mass is 339 g/mol. The molecular weight excluding hydrogens is 324 g/mol. The van der Waals surface area contributed by atoms with Gasteiger partial charge in [0, 0.05) is 22.6 Å². The molecule has 0 aromatic heterocycles. The SMILES string of the molecule is COc1c(N)cccc1CS(=O)(=O)C=Cc1ccc(F)cc1F. The summed E-state index contributed by atoms with van der Waals surface area (Å²) in [5, 5.41) is 0.881. The van der Waals surface area contributed by atoms with Gasteiger partial charge in [0.2, 0.25) is 0 Å². The molecule has 23 heavy (non-hydrogen) atoms. The van der Waals surface area contributed by atoms with E-state index in [0.717, 1.165) is 23.6 Å². The number of ether oxygens (including phenoxy) is 1. The minimum absolute atomic E-state index is 0.0190. The lowest BCUT2D eigenvalue weighted by Gasteiger charge is -2.10. The molecule has 0 spiro atoms. The highest BCUT2D eigenvalue weighted by Gasteiger charge is 2.14. The van der Waals surface area contributed by atoms with Crippen molar-refractivity contribution in [3.05, 3.63) is 64.6 Å². The van der Waals surface area contributed by atoms with Crippen molar-refractivity contribution in [2.45, 2.75) is 5.75 Å². The molecule has 0 atom stereocenters. The zero-order valence-electron chi connectivity index (χ0n) is 12.3. The zero-order chi connectivity index (χ0) is 17.0. The number of nitrogen functional groups attached to an aromatic ring is 1. The Morgan fingerprint density at radius 1 is 1.22 bits per heavy atom. The fraction of sp³-hybridized carbons (Fsp3) is 0.125. The molecule has 2 aromatic rings. The van der Waals surface area contributed by atoms with Crippen LogP contribution >= 0.6 is 0 Å². The molecule has 0 amide bonds. The Balaban J connectivity index is 2.26. The lowest BCUT2D eigenvalue weighted by molar-refractivity contribution is 0.413. The van der Waals surface area contributed by atoms with Crippen LogP contribution in [-0.4, -0.2) is 15.5 Å². The maximum absolute atomic E-state index is 13.5. The minimum atomic E-state index is -3.69. The van der Waals surface area contributed by atoms with Gasteiger partial charge in [-0.2, -0.15) is 0 Å². The summed E-state index contributed by atoms with van der Waals surface area (Å²) in [6.45, 7) is 0. The van der Waals surface area contributed by atoms with Crippen LogP contribution in [0.1, 0.15) is 11.1 Å². The van der Waals surface area contributed by atoms with Crippen molar-refractivity contribution in [2.75, 3.05) is 12.8 Å². The summed E-state index contributed by atoms with van der Waals surface area (Å²) in [5.41, 5.74) is 6.44. The summed E-state index contributed by atoms with van der Waals surface area (Å²) in [7, 11) is -2.29. The van der Waals surface area contributed by atoms with E-state index in [0.29, 0.717) is 17.3 Å². The summed E-state index contributed by atoms with van der Waals surface area (Å²) in [5.74, 6) is -1.62. The van der Waals surface area contributed by atoms with Gasteiger partial charge in [-0.05, 0) is 24.3 Å². The Morgan fingerprint density at radius 3 is 2.61 bits per heavy atom. The molecule has 0 unspecified atom stereocenters. The molecule has 0 aliphatic heterocycles. The van der Waals surface area contributed by atoms with Crippen LogP contribution in [0.4, 0.5) is 14.5 Å². The third kappa shape index (κ3) is 4.29. The molecule has 0 aliphatic carbocycles. The Hall–Kier alpha value is -2.41. The molecule has 2 rings (SSSR count). The molecule has 0 aliphatic rings. The average molecular weight is 339 g/mol. The van der Waals surface area contributed by atoms with Crippen LogP contribution in [-0.2, 0) is 15.6 Å². The number of rotatable bonds is 5. The molecule has 0 fully saturated rings. The van der Waals surface area contributed by atoms with Crippen LogP contribution in [0.25, 0.3) is 6.08 Å². The van der Waals surface area contributed by atoms with E-state index in [1.807, 2.05) is 0 Å². The summed E-state index contributed by atoms with van der Waals surface area (Å²) in [4.78, 5) is 0. The fourth-order valence-corrected chi connectivity index (χ4v) is 3.16. The topological polar surface area (TPSA) is 69.4 Å². The molecular formula is C16H15F2NO3S. The number of hydrogen-bond acceptors (Lipinski definition) is 4. The number of benzene rings is 2. The van der Waals surface area contributed by atoms with E-state index in [2.05, 4.69) is 0 Å². The van der Waals surface area contributed by atoms with Gasteiger partial charge in [-0.25, -0.2) is 17.2 Å². The third-order valence-corrected chi connectivity index (χ3v) is 4.37. The van der Waals surface area contributed by atoms with Gasteiger partial charge in [0.05, 0.1) is 18.6 Å². The van der Waals surface area contributed by atoms with E-state index < -0.39 is 21.5 Å². The van der Waals surface area contributed by atoms with Gasteiger partial charge in [-0.3, -0.25) is 0 Å². The minimum Gasteiger partial charge on any atom is -0.494 e. The second-order valence-corrected chi connectivity index (χ2v) is 6.70. The lowest BCUT2D eigenvalue weighted by Crippen LogP contribution is -2.04. The summed E-state index contributed by atoms with van der Waals surface area (Å²) >= 11 is 0. The van der Waals surface area contributed by atoms with E-state index in [1.165, 1.54) is 7.11 Å². The third-order valence-electron chi connectivity index (χ3n) is 3.11. The first kappa shape index (κ1) is 17.0. The van der Waals surface area contributed by atoms with E-state index in [1.54, 1.807) is 18.2 Å². The summed E-state index contributed by atoms with van der Waals surface area (Å²) in [6.07, 6.45) is 1.09. The summed E-state index contributed by atoms with van der Waals surface area (Å²) in [6, 6.07) is 7.70. The standard InChI is InChI=1S/C16H15F2NO3S/c1-22-16-12(3-2-4-15(16)19)10-23(20,21)8-7-11-5-6-13(17)9-14(11)18/h2-9H,10,19H2,1H3. The summed E-state index contributed by atoms with van der Waals surface area (Å²) < 4.78 is 55.7. The van der Waals surface area contributed by atoms with E-state index in [-0.39, 0.29) is 17.1 Å². The molecule has 2 aromatic carbocycles. The first-order valence-corrected chi connectivity index (χ1v) is 8.31. The van der Waals surface area contributed by atoms with Gasteiger partial charge in [0.25, 0.3) is 0 Å². The number of sulfone groups is 1. The van der Waals surface area contributed by atoms with Crippen molar-refractivity contribution >= 4 is 21.6 Å². The Kier molecular flexibility index (Phi) is 5.00. The fourth-order valence-electron chi connectivity index (χ4n) is 2.05. The van der Waals surface area contributed by atoms with Gasteiger partial charge in [0.1, 0.15) is 17.4 Å². The van der Waals surface area contributed by atoms with Crippen molar-refractivity contribution in [3.63, 3.8) is 0 Å². The molecule has 122 valence electrons. The maximum atomic E-state index is 13.5. The van der Waals surface area contributed by atoms with Crippen molar-refractivity contribution in [1.29, 1.82) is 0 Å². The number of hydrogen-bond donors (Lipinski definition) is 1. The molecule has 7 heteroatoms. The maximum Gasteiger partial charge on any atom is 0.175 e. The van der Waals surface area contributed by atoms with Gasteiger partial charge >= 0.3 is 0 Å². The van der Waals surface area contributed by atoms with E-state index >= 15 is 0 Å². The lowest BCUT2D eigenvalue weighted by atomic mass is 10.2. The Bertz CT molecular complexity index is 848. The van der Waals surface area contributed by atoms with Crippen LogP contribution < -0.4 is 10.5 Å². The molecule has 2 N–H and O–H groups in total. The molecule has 0 bridgehead atoms. The van der Waals surface area contributed by atoms with Crippen molar-refractivity contribution in [3.8, 4) is 5.75 Å². The molecule has 0 radical (unpaired) electrons. The molecule has 0 saturated carbocycles. The molecule has 0 saturated heterocycles. The molecule has 0 heterocycles. The smallest absolute Gasteiger partial charge is 0.175 e. The highest BCUT2D eigenvalue weighted by Crippen LogP contribution is 2.28. The predicted molar refractivity (Wildman–Crippen MR) is 85.4 cm³/mol. The predicted octanol–water partition coefficient (Wildman–Crippen LogP) is 3.14. The first-order chi connectivity index (χ1) is 10.8. The van der Waals surface area contributed by atoms with Gasteiger partial charge in [-0.15, -0.1) is 0 Å². The number of halogens is 2. The van der Waals surface area contributed by atoms with Gasteiger partial charge in [0.15, 0.2) is 9.84 Å². The highest BCUT2D eigenvalue weighted by molar-refractivity contribution is 7.93. The highest BCUT2D eigenvalue weighted by atomic mass is 32.2. The van der Waals surface area contributed by atoms with Crippen LogP contribution in [0.5, 0.6) is 5.75 Å². The van der Waals surface area contributed by atoms with Gasteiger partial charge in [-0.1, -0.05) is 12.1 Å². The number of methoxy groups -OCH3 is 1. The van der Waals surface area contributed by atoms with Crippen molar-refractivity contribution in [2.24, 2.45) is 0 Å². The quantitative estimate of drug-likeness (QED) is 0.850. The second kappa shape index (κ2) is 6.78. The van der Waals surface area contributed by atoms with Crippen LogP contribution in [0.3, 0.4) is 0 Å². The van der Waals surface area contributed by atoms with Gasteiger partial charge < -0.3 is 10.5 Å². The first-order valence-electron chi connectivity index (χ1n) is 6.59. The number of nitrogens with two attached hydrogens (primary N) is 1.